The molecule has 0 atom stereocenters. The molecule has 3 heteroatoms. The molecule has 0 N–H and O–H groups in total. The van der Waals surface area contributed by atoms with Gasteiger partial charge in [-0.1, -0.05) is 15.9 Å². The molecule has 0 saturated carbocycles. The minimum absolute atomic E-state index is 0.301. The summed E-state index contributed by atoms with van der Waals surface area (Å²) in [5.41, 5.74) is 3.87. The van der Waals surface area contributed by atoms with Crippen molar-refractivity contribution in [2.75, 3.05) is 11.4 Å². The van der Waals surface area contributed by atoms with E-state index in [1.54, 1.807) is 0 Å². The van der Waals surface area contributed by atoms with Crippen molar-refractivity contribution < 1.29 is 4.79 Å². The average Bonchev–Trinajstić information content (AvgIpc) is 2.53. The number of amides is 1. The predicted octanol–water partition coefficient (Wildman–Crippen LogP) is 2.67. The molecule has 0 aliphatic carbocycles. The van der Waals surface area contributed by atoms with E-state index in [0.29, 0.717) is 12.3 Å². The normalized spacial score (nSPS) is 19.0. The van der Waals surface area contributed by atoms with Crippen molar-refractivity contribution in [1.29, 1.82) is 0 Å². The molecular weight excluding hydrogens is 254 g/mol. The monoisotopic (exact) mass is 265 g/mol. The first-order chi connectivity index (χ1) is 7.25. The second-order valence-corrected chi connectivity index (χ2v) is 5.14. The smallest absolute Gasteiger partial charge is 0.227 e. The molecule has 0 aromatic heterocycles. The minimum Gasteiger partial charge on any atom is -0.312 e. The molecule has 0 fully saturated rings. The van der Waals surface area contributed by atoms with Crippen molar-refractivity contribution in [2.24, 2.45) is 0 Å². The van der Waals surface area contributed by atoms with Crippen LogP contribution in [0.1, 0.15) is 24.0 Å². The van der Waals surface area contributed by atoms with Gasteiger partial charge in [0.15, 0.2) is 0 Å². The van der Waals surface area contributed by atoms with E-state index in [9.17, 15) is 4.79 Å². The lowest BCUT2D eigenvalue weighted by Crippen LogP contribution is -2.27. The largest absolute Gasteiger partial charge is 0.312 e. The van der Waals surface area contributed by atoms with E-state index < -0.39 is 0 Å². The van der Waals surface area contributed by atoms with Crippen LogP contribution < -0.4 is 4.90 Å². The number of rotatable bonds is 0. The van der Waals surface area contributed by atoms with Crippen molar-refractivity contribution >= 4 is 27.5 Å². The van der Waals surface area contributed by atoms with Crippen LogP contribution in [-0.4, -0.2) is 12.5 Å². The fraction of sp³-hybridized carbons (Fsp3) is 0.417. The third-order valence-electron chi connectivity index (χ3n) is 3.25. The maximum atomic E-state index is 11.8. The number of hydrogen-bond acceptors (Lipinski definition) is 1. The Morgan fingerprint density at radius 1 is 1.13 bits per heavy atom. The second kappa shape index (κ2) is 3.34. The van der Waals surface area contributed by atoms with Gasteiger partial charge < -0.3 is 4.90 Å². The van der Waals surface area contributed by atoms with E-state index in [4.69, 9.17) is 0 Å². The number of anilines is 1. The fourth-order valence-electron chi connectivity index (χ4n) is 2.60. The third-order valence-corrected chi connectivity index (χ3v) is 3.70. The minimum atomic E-state index is 0.301. The summed E-state index contributed by atoms with van der Waals surface area (Å²) in [7, 11) is 0. The number of aryl methyl sites for hydroxylation is 1. The van der Waals surface area contributed by atoms with E-state index in [0.717, 1.165) is 30.3 Å². The predicted molar refractivity (Wildman–Crippen MR) is 63.1 cm³/mol. The van der Waals surface area contributed by atoms with Gasteiger partial charge in [0.05, 0.1) is 5.69 Å². The summed E-state index contributed by atoms with van der Waals surface area (Å²) in [4.78, 5) is 13.8. The van der Waals surface area contributed by atoms with Crippen LogP contribution in [0.4, 0.5) is 5.69 Å². The molecule has 3 rings (SSSR count). The first-order valence-corrected chi connectivity index (χ1v) is 6.16. The van der Waals surface area contributed by atoms with E-state index in [1.165, 1.54) is 16.8 Å². The summed E-state index contributed by atoms with van der Waals surface area (Å²) in [5.74, 6) is 0.301. The van der Waals surface area contributed by atoms with Crippen molar-refractivity contribution in [3.8, 4) is 0 Å². The van der Waals surface area contributed by atoms with E-state index in [1.807, 2.05) is 4.90 Å². The zero-order chi connectivity index (χ0) is 10.4. The summed E-state index contributed by atoms with van der Waals surface area (Å²) in [6.07, 6.45) is 3.72. The van der Waals surface area contributed by atoms with Gasteiger partial charge in [-0.2, -0.15) is 0 Å². The average molecular weight is 266 g/mol. The molecule has 1 aromatic carbocycles. The van der Waals surface area contributed by atoms with Crippen LogP contribution in [0.5, 0.6) is 0 Å². The molecule has 0 spiro atoms. The quantitative estimate of drug-likeness (QED) is 0.707. The van der Waals surface area contributed by atoms with Gasteiger partial charge in [-0.25, -0.2) is 0 Å². The van der Waals surface area contributed by atoms with Gasteiger partial charge in [0.1, 0.15) is 0 Å². The molecule has 15 heavy (non-hydrogen) atoms. The Labute approximate surface area is 97.4 Å². The highest BCUT2D eigenvalue weighted by Gasteiger charge is 2.29. The molecular formula is C12H12BrNO. The highest BCUT2D eigenvalue weighted by Crippen LogP contribution is 2.37. The Kier molecular flexibility index (Phi) is 2.09. The zero-order valence-electron chi connectivity index (χ0n) is 8.42. The summed E-state index contributed by atoms with van der Waals surface area (Å²) < 4.78 is 1.15. The van der Waals surface area contributed by atoms with Crippen LogP contribution in [0.15, 0.2) is 16.6 Å². The molecule has 1 aromatic rings. The molecule has 2 aliphatic heterocycles. The van der Waals surface area contributed by atoms with Crippen LogP contribution in [0, 0.1) is 0 Å². The summed E-state index contributed by atoms with van der Waals surface area (Å²) in [6, 6.07) is 4.31. The van der Waals surface area contributed by atoms with Crippen LogP contribution in [0.3, 0.4) is 0 Å². The van der Waals surface area contributed by atoms with Gasteiger partial charge in [0, 0.05) is 17.4 Å². The first kappa shape index (κ1) is 9.40. The summed E-state index contributed by atoms with van der Waals surface area (Å²) in [5, 5.41) is 0. The Bertz CT molecular complexity index is 441. The summed E-state index contributed by atoms with van der Waals surface area (Å²) in [6.45, 7) is 0.873. The highest BCUT2D eigenvalue weighted by atomic mass is 79.9. The summed E-state index contributed by atoms with van der Waals surface area (Å²) >= 11 is 3.54. The fourth-order valence-corrected chi connectivity index (χ4v) is 3.16. The Morgan fingerprint density at radius 2 is 1.87 bits per heavy atom. The lowest BCUT2D eigenvalue weighted by Gasteiger charge is -2.17. The molecule has 0 unspecified atom stereocenters. The SMILES string of the molecule is O=C1CCCc2cc(Br)cc3c2N1CC3. The number of nitrogens with zero attached hydrogens (tertiary/aromatic N) is 1. The number of halogens is 1. The first-order valence-electron chi connectivity index (χ1n) is 5.37. The molecule has 0 saturated heterocycles. The number of hydrogen-bond donors (Lipinski definition) is 0. The Hall–Kier alpha value is -0.830. The molecule has 1 amide bonds. The number of benzene rings is 1. The number of carbonyl (C=O) groups is 1. The Balaban J connectivity index is 2.21. The topological polar surface area (TPSA) is 20.3 Å². The van der Waals surface area contributed by atoms with Gasteiger partial charge in [0.25, 0.3) is 0 Å². The zero-order valence-corrected chi connectivity index (χ0v) is 10.0. The van der Waals surface area contributed by atoms with Crippen molar-refractivity contribution in [2.45, 2.75) is 25.7 Å². The van der Waals surface area contributed by atoms with Crippen LogP contribution in [-0.2, 0) is 17.6 Å². The maximum Gasteiger partial charge on any atom is 0.227 e. The van der Waals surface area contributed by atoms with Gasteiger partial charge >= 0.3 is 0 Å². The standard InChI is InChI=1S/C12H12BrNO/c13-10-6-8-2-1-3-11(15)14-5-4-9(7-10)12(8)14/h6-7H,1-5H2. The lowest BCUT2D eigenvalue weighted by molar-refractivity contribution is -0.118. The highest BCUT2D eigenvalue weighted by molar-refractivity contribution is 9.10. The van der Waals surface area contributed by atoms with Crippen molar-refractivity contribution in [1.82, 2.24) is 0 Å². The molecule has 78 valence electrons. The second-order valence-electron chi connectivity index (χ2n) is 4.22. The van der Waals surface area contributed by atoms with Gasteiger partial charge in [-0.05, 0) is 42.5 Å². The van der Waals surface area contributed by atoms with Crippen LogP contribution >= 0.6 is 15.9 Å². The van der Waals surface area contributed by atoms with Crippen molar-refractivity contribution in [3.63, 3.8) is 0 Å². The lowest BCUT2D eigenvalue weighted by atomic mass is 10.0. The van der Waals surface area contributed by atoms with E-state index >= 15 is 0 Å². The maximum absolute atomic E-state index is 11.8. The molecule has 0 bridgehead atoms. The third kappa shape index (κ3) is 1.41. The van der Waals surface area contributed by atoms with E-state index in [-0.39, 0.29) is 0 Å². The Morgan fingerprint density at radius 3 is 2.67 bits per heavy atom. The van der Waals surface area contributed by atoms with Gasteiger partial charge in [-0.15, -0.1) is 0 Å². The van der Waals surface area contributed by atoms with Gasteiger partial charge in [0.2, 0.25) is 5.91 Å². The molecule has 0 radical (unpaired) electrons. The van der Waals surface area contributed by atoms with Crippen molar-refractivity contribution in [3.05, 3.63) is 27.7 Å². The molecule has 2 aliphatic rings. The van der Waals surface area contributed by atoms with Crippen LogP contribution in [0.2, 0.25) is 0 Å². The molecule has 2 heterocycles. The number of carbonyl (C=O) groups excluding carboxylic acids is 1. The van der Waals surface area contributed by atoms with E-state index in [2.05, 4.69) is 28.1 Å². The molecule has 2 nitrogen and oxygen atoms in total. The van der Waals surface area contributed by atoms with Crippen LogP contribution in [0.25, 0.3) is 0 Å². The van der Waals surface area contributed by atoms with Gasteiger partial charge in [-0.3, -0.25) is 4.79 Å².